The molecule has 0 saturated heterocycles. The fourth-order valence-corrected chi connectivity index (χ4v) is 3.60. The molecule has 0 bridgehead atoms. The average molecular weight is 409 g/mol. The lowest BCUT2D eigenvalue weighted by Crippen LogP contribution is -2.22. The largest absolute Gasteiger partial charge is 0.348 e. The maximum absolute atomic E-state index is 12.3. The molecule has 6 nitrogen and oxygen atoms in total. The van der Waals surface area contributed by atoms with Crippen LogP contribution in [0.4, 0.5) is 5.69 Å². The third kappa shape index (κ3) is 5.96. The van der Waals surface area contributed by atoms with Gasteiger partial charge in [-0.3, -0.25) is 9.59 Å². The van der Waals surface area contributed by atoms with E-state index in [2.05, 4.69) is 34.7 Å². The van der Waals surface area contributed by atoms with Gasteiger partial charge in [0.1, 0.15) is 5.01 Å². The molecule has 0 aliphatic heterocycles. The van der Waals surface area contributed by atoms with Gasteiger partial charge in [0.25, 0.3) is 11.8 Å². The van der Waals surface area contributed by atoms with Crippen molar-refractivity contribution in [2.45, 2.75) is 33.7 Å². The summed E-state index contributed by atoms with van der Waals surface area (Å²) in [6.07, 6.45) is 0.803. The minimum absolute atomic E-state index is 0.161. The number of benzene rings is 2. The van der Waals surface area contributed by atoms with E-state index in [9.17, 15) is 9.59 Å². The smallest absolute Gasteiger partial charge is 0.286 e. The van der Waals surface area contributed by atoms with Gasteiger partial charge in [0.2, 0.25) is 5.01 Å². The van der Waals surface area contributed by atoms with Crippen LogP contribution >= 0.6 is 11.3 Å². The van der Waals surface area contributed by atoms with Gasteiger partial charge < -0.3 is 10.6 Å². The van der Waals surface area contributed by atoms with Crippen LogP contribution in [0.3, 0.4) is 0 Å². The van der Waals surface area contributed by atoms with E-state index >= 15 is 0 Å². The zero-order chi connectivity index (χ0) is 20.8. The Hall–Kier alpha value is -3.06. The summed E-state index contributed by atoms with van der Waals surface area (Å²) in [5.41, 5.74) is 3.36. The highest BCUT2D eigenvalue weighted by molar-refractivity contribution is 7.13. The first-order chi connectivity index (χ1) is 13.9. The molecule has 150 valence electrons. The van der Waals surface area contributed by atoms with Gasteiger partial charge in [-0.1, -0.05) is 55.0 Å². The van der Waals surface area contributed by atoms with E-state index in [0.29, 0.717) is 28.7 Å². The van der Waals surface area contributed by atoms with E-state index in [0.717, 1.165) is 17.0 Å². The lowest BCUT2D eigenvalue weighted by atomic mass is 10.1. The fourth-order valence-electron chi connectivity index (χ4n) is 2.66. The summed E-state index contributed by atoms with van der Waals surface area (Å²) in [5.74, 6) is 0.00328. The van der Waals surface area contributed by atoms with Crippen LogP contribution in [-0.4, -0.2) is 22.0 Å². The van der Waals surface area contributed by atoms with Gasteiger partial charge in [-0.2, -0.15) is 0 Å². The van der Waals surface area contributed by atoms with Crippen LogP contribution in [0, 0.1) is 12.8 Å². The predicted octanol–water partition coefficient (Wildman–Crippen LogP) is 4.23. The lowest BCUT2D eigenvalue weighted by Gasteiger charge is -2.07. The number of aryl methyl sites for hydroxylation is 1. The number of nitrogens with zero attached hydrogens (tertiary/aromatic N) is 2. The highest BCUT2D eigenvalue weighted by Crippen LogP contribution is 2.16. The first-order valence-electron chi connectivity index (χ1n) is 9.48. The van der Waals surface area contributed by atoms with Gasteiger partial charge in [-0.15, -0.1) is 10.2 Å². The molecular formula is C22H24N4O2S. The standard InChI is InChI=1S/C22H24N4O2S/c1-14(2)12-19-25-26-22(29-19)21(28)24-18-10-8-17(9-11-18)20(27)23-13-16-6-4-15(3)5-7-16/h4-11,14H,12-13H2,1-3H3,(H,23,27)(H,24,28). The van der Waals surface area contributed by atoms with Crippen LogP contribution in [0.2, 0.25) is 0 Å². The molecule has 3 rings (SSSR count). The molecule has 2 N–H and O–H groups in total. The maximum Gasteiger partial charge on any atom is 0.286 e. The zero-order valence-electron chi connectivity index (χ0n) is 16.7. The predicted molar refractivity (Wildman–Crippen MR) is 115 cm³/mol. The van der Waals surface area contributed by atoms with Crippen LogP contribution in [-0.2, 0) is 13.0 Å². The molecule has 1 aromatic heterocycles. The average Bonchev–Trinajstić information content (AvgIpc) is 3.16. The van der Waals surface area contributed by atoms with Crippen LogP contribution in [0.15, 0.2) is 48.5 Å². The van der Waals surface area contributed by atoms with Gasteiger partial charge in [0.05, 0.1) is 0 Å². The summed E-state index contributed by atoms with van der Waals surface area (Å²) in [6, 6.07) is 14.8. The molecule has 2 amide bonds. The molecule has 0 aliphatic rings. The summed E-state index contributed by atoms with van der Waals surface area (Å²) in [4.78, 5) is 24.6. The van der Waals surface area contributed by atoms with E-state index < -0.39 is 0 Å². The van der Waals surface area contributed by atoms with E-state index in [1.165, 1.54) is 16.9 Å². The summed E-state index contributed by atoms with van der Waals surface area (Å²) < 4.78 is 0. The Kier molecular flexibility index (Phi) is 6.72. The SMILES string of the molecule is Cc1ccc(CNC(=O)c2ccc(NC(=O)c3nnc(CC(C)C)s3)cc2)cc1. The summed E-state index contributed by atoms with van der Waals surface area (Å²) in [7, 11) is 0. The molecule has 29 heavy (non-hydrogen) atoms. The second-order valence-electron chi connectivity index (χ2n) is 7.30. The van der Waals surface area contributed by atoms with Crippen LogP contribution < -0.4 is 10.6 Å². The number of nitrogens with one attached hydrogen (secondary N) is 2. The molecule has 0 atom stereocenters. The number of hydrogen-bond acceptors (Lipinski definition) is 5. The number of carbonyl (C=O) groups excluding carboxylic acids is 2. The molecule has 0 aliphatic carbocycles. The van der Waals surface area contributed by atoms with E-state index in [4.69, 9.17) is 0 Å². The molecule has 0 fully saturated rings. The molecule has 0 spiro atoms. The van der Waals surface area contributed by atoms with Gasteiger partial charge in [0.15, 0.2) is 0 Å². The number of carbonyl (C=O) groups is 2. The molecule has 2 aromatic carbocycles. The second kappa shape index (κ2) is 9.43. The van der Waals surface area contributed by atoms with Gasteiger partial charge in [-0.05, 0) is 42.7 Å². The summed E-state index contributed by atoms with van der Waals surface area (Å²) in [5, 5.41) is 14.9. The van der Waals surface area contributed by atoms with Crippen molar-refractivity contribution in [2.24, 2.45) is 5.92 Å². The Labute approximate surface area is 174 Å². The highest BCUT2D eigenvalue weighted by atomic mass is 32.1. The quantitative estimate of drug-likeness (QED) is 0.613. The van der Waals surface area contributed by atoms with Crippen molar-refractivity contribution >= 4 is 28.8 Å². The van der Waals surface area contributed by atoms with Crippen LogP contribution in [0.25, 0.3) is 0 Å². The van der Waals surface area contributed by atoms with Gasteiger partial charge >= 0.3 is 0 Å². The Bertz CT molecular complexity index is 979. The lowest BCUT2D eigenvalue weighted by molar-refractivity contribution is 0.0950. The number of anilines is 1. The first-order valence-corrected chi connectivity index (χ1v) is 10.3. The molecule has 0 radical (unpaired) electrons. The minimum atomic E-state index is -0.297. The third-order valence-electron chi connectivity index (χ3n) is 4.22. The Morgan fingerprint density at radius 1 is 0.966 bits per heavy atom. The van der Waals surface area contributed by atoms with Crippen molar-refractivity contribution < 1.29 is 9.59 Å². The molecule has 7 heteroatoms. The van der Waals surface area contributed by atoms with Gasteiger partial charge in [-0.25, -0.2) is 0 Å². The molecular weight excluding hydrogens is 384 g/mol. The van der Waals surface area contributed by atoms with Crippen molar-refractivity contribution in [1.29, 1.82) is 0 Å². The normalized spacial score (nSPS) is 10.8. The van der Waals surface area contributed by atoms with E-state index in [-0.39, 0.29) is 11.8 Å². The zero-order valence-corrected chi connectivity index (χ0v) is 17.5. The molecule has 0 unspecified atom stereocenters. The molecule has 1 heterocycles. The van der Waals surface area contributed by atoms with Crippen molar-refractivity contribution in [3.8, 4) is 0 Å². The first kappa shape index (κ1) is 20.7. The van der Waals surface area contributed by atoms with Crippen molar-refractivity contribution in [1.82, 2.24) is 15.5 Å². The molecule has 3 aromatic rings. The fraction of sp³-hybridized carbons (Fsp3) is 0.273. The topological polar surface area (TPSA) is 84.0 Å². The number of amides is 2. The Balaban J connectivity index is 1.55. The van der Waals surface area contributed by atoms with E-state index in [1.54, 1.807) is 24.3 Å². The third-order valence-corrected chi connectivity index (χ3v) is 5.17. The highest BCUT2D eigenvalue weighted by Gasteiger charge is 2.14. The molecule has 0 saturated carbocycles. The Morgan fingerprint density at radius 2 is 1.66 bits per heavy atom. The van der Waals surface area contributed by atoms with Crippen LogP contribution in [0.1, 0.15) is 50.1 Å². The maximum atomic E-state index is 12.3. The summed E-state index contributed by atoms with van der Waals surface area (Å²) in [6.45, 7) is 6.69. The minimum Gasteiger partial charge on any atom is -0.348 e. The Morgan fingerprint density at radius 3 is 2.31 bits per heavy atom. The number of aromatic nitrogens is 2. The second-order valence-corrected chi connectivity index (χ2v) is 8.36. The van der Waals surface area contributed by atoms with Crippen LogP contribution in [0.5, 0.6) is 0 Å². The van der Waals surface area contributed by atoms with Crippen molar-refractivity contribution in [3.63, 3.8) is 0 Å². The van der Waals surface area contributed by atoms with Gasteiger partial charge in [0, 0.05) is 24.2 Å². The summed E-state index contributed by atoms with van der Waals surface area (Å²) >= 11 is 1.30. The van der Waals surface area contributed by atoms with Crippen molar-refractivity contribution in [2.75, 3.05) is 5.32 Å². The number of hydrogen-bond donors (Lipinski definition) is 2. The monoisotopic (exact) mass is 408 g/mol. The number of rotatable bonds is 7. The van der Waals surface area contributed by atoms with E-state index in [1.807, 2.05) is 31.2 Å². The van der Waals surface area contributed by atoms with Crippen molar-refractivity contribution in [3.05, 3.63) is 75.2 Å².